The summed E-state index contributed by atoms with van der Waals surface area (Å²) >= 11 is 2.79. The van der Waals surface area contributed by atoms with E-state index in [-0.39, 0.29) is 16.7 Å². The van der Waals surface area contributed by atoms with E-state index < -0.39 is 29.5 Å². The largest absolute Gasteiger partial charge is 0.430 e. The van der Waals surface area contributed by atoms with Crippen LogP contribution < -0.4 is 10.6 Å². The monoisotopic (exact) mass is 408 g/mol. The summed E-state index contributed by atoms with van der Waals surface area (Å²) in [5.41, 5.74) is -1.44. The number of halogens is 7. The van der Waals surface area contributed by atoms with Gasteiger partial charge in [-0.1, -0.05) is 6.07 Å². The Labute approximate surface area is 135 Å². The maximum absolute atomic E-state index is 12.8. The van der Waals surface area contributed by atoms with Crippen molar-refractivity contribution >= 4 is 27.6 Å². The number of aliphatic hydroxyl groups is 1. The van der Waals surface area contributed by atoms with Gasteiger partial charge in [-0.3, -0.25) is 4.90 Å². The second-order valence-corrected chi connectivity index (χ2v) is 5.31. The molecule has 0 saturated heterocycles. The number of hydrogen-bond donors (Lipinski definition) is 2. The van der Waals surface area contributed by atoms with Crippen LogP contribution in [0.15, 0.2) is 22.7 Å². The standard InChI is InChI=1S/C12H11BrF6N2O2/c1-2-21(9(20)22)8-4-3-6(5-7(8)13)10(23,11(14,15)16)12(17,18)19/h3-5,23H,2H2,1H3,(H2,20,22). The zero-order valence-electron chi connectivity index (χ0n) is 11.5. The van der Waals surface area contributed by atoms with Crippen molar-refractivity contribution < 1.29 is 36.2 Å². The SMILES string of the molecule is CCN(C(N)=O)c1ccc(C(O)(C(F)(F)F)C(F)(F)F)cc1Br. The van der Waals surface area contributed by atoms with Crippen molar-refractivity contribution in [2.24, 2.45) is 5.73 Å². The van der Waals surface area contributed by atoms with Crippen molar-refractivity contribution in [1.29, 1.82) is 0 Å². The van der Waals surface area contributed by atoms with E-state index in [0.717, 1.165) is 11.0 Å². The maximum atomic E-state index is 12.8. The highest BCUT2D eigenvalue weighted by atomic mass is 79.9. The molecular weight excluding hydrogens is 398 g/mol. The van der Waals surface area contributed by atoms with E-state index >= 15 is 0 Å². The number of anilines is 1. The summed E-state index contributed by atoms with van der Waals surface area (Å²) in [4.78, 5) is 12.1. The van der Waals surface area contributed by atoms with Gasteiger partial charge < -0.3 is 10.8 Å². The fraction of sp³-hybridized carbons (Fsp3) is 0.417. The molecule has 0 bridgehead atoms. The molecule has 23 heavy (non-hydrogen) atoms. The van der Waals surface area contributed by atoms with Crippen LogP contribution in [0.5, 0.6) is 0 Å². The van der Waals surface area contributed by atoms with Gasteiger partial charge in [0.05, 0.1) is 5.69 Å². The summed E-state index contributed by atoms with van der Waals surface area (Å²) in [5, 5.41) is 9.30. The van der Waals surface area contributed by atoms with Crippen LogP contribution in [0.25, 0.3) is 0 Å². The highest BCUT2D eigenvalue weighted by molar-refractivity contribution is 9.10. The number of primary amides is 1. The topological polar surface area (TPSA) is 66.6 Å². The molecule has 1 rings (SSSR count). The summed E-state index contributed by atoms with van der Waals surface area (Å²) in [6, 6.07) is 0.771. The van der Waals surface area contributed by atoms with Gasteiger partial charge in [-0.05, 0) is 35.0 Å². The Hall–Kier alpha value is -1.49. The first-order valence-corrected chi connectivity index (χ1v) is 6.79. The average Bonchev–Trinajstić information content (AvgIpc) is 2.37. The molecule has 0 saturated carbocycles. The van der Waals surface area contributed by atoms with Gasteiger partial charge in [-0.2, -0.15) is 26.3 Å². The van der Waals surface area contributed by atoms with Crippen molar-refractivity contribution in [1.82, 2.24) is 0 Å². The first kappa shape index (κ1) is 19.6. The molecule has 2 amide bonds. The number of rotatable bonds is 3. The Morgan fingerprint density at radius 3 is 2.00 bits per heavy atom. The lowest BCUT2D eigenvalue weighted by atomic mass is 9.92. The second-order valence-electron chi connectivity index (χ2n) is 4.45. The summed E-state index contributed by atoms with van der Waals surface area (Å²) < 4.78 is 76.5. The van der Waals surface area contributed by atoms with Gasteiger partial charge in [0.1, 0.15) is 0 Å². The molecule has 3 N–H and O–H groups in total. The van der Waals surface area contributed by atoms with E-state index in [2.05, 4.69) is 15.9 Å². The highest BCUT2D eigenvalue weighted by Crippen LogP contribution is 2.50. The molecule has 1 aromatic rings. The van der Waals surface area contributed by atoms with Gasteiger partial charge in [-0.25, -0.2) is 4.79 Å². The maximum Gasteiger partial charge on any atom is 0.430 e. The lowest BCUT2D eigenvalue weighted by molar-refractivity contribution is -0.376. The number of benzene rings is 1. The van der Waals surface area contributed by atoms with Crippen LogP contribution in [0.3, 0.4) is 0 Å². The number of nitrogens with two attached hydrogens (primary N) is 1. The molecule has 0 atom stereocenters. The Balaban J connectivity index is 3.51. The van der Waals surface area contributed by atoms with E-state index in [1.807, 2.05) is 0 Å². The third kappa shape index (κ3) is 3.39. The molecular formula is C12H11BrF6N2O2. The molecule has 1 aromatic carbocycles. The predicted molar refractivity (Wildman–Crippen MR) is 72.8 cm³/mol. The predicted octanol–water partition coefficient (Wildman–Crippen LogP) is 3.67. The third-order valence-electron chi connectivity index (χ3n) is 3.06. The second kappa shape index (κ2) is 6.19. The molecule has 0 fully saturated rings. The van der Waals surface area contributed by atoms with E-state index in [9.17, 15) is 36.2 Å². The van der Waals surface area contributed by atoms with E-state index in [0.29, 0.717) is 12.1 Å². The van der Waals surface area contributed by atoms with Crippen molar-refractivity contribution in [2.75, 3.05) is 11.4 Å². The van der Waals surface area contributed by atoms with Gasteiger partial charge in [0.2, 0.25) is 0 Å². The van der Waals surface area contributed by atoms with Crippen LogP contribution >= 0.6 is 15.9 Å². The zero-order valence-corrected chi connectivity index (χ0v) is 13.1. The number of amides is 2. The fourth-order valence-electron chi connectivity index (χ4n) is 1.88. The Bertz CT molecular complexity index is 588. The van der Waals surface area contributed by atoms with Gasteiger partial charge in [-0.15, -0.1) is 0 Å². The van der Waals surface area contributed by atoms with Crippen LogP contribution in [0.2, 0.25) is 0 Å². The summed E-state index contributed by atoms with van der Waals surface area (Å²) in [6.45, 7) is 1.54. The van der Waals surface area contributed by atoms with E-state index in [4.69, 9.17) is 5.73 Å². The molecule has 11 heteroatoms. The fourth-order valence-corrected chi connectivity index (χ4v) is 2.48. The third-order valence-corrected chi connectivity index (χ3v) is 3.69. The molecule has 0 aliphatic carbocycles. The van der Waals surface area contributed by atoms with Crippen LogP contribution in [0.1, 0.15) is 12.5 Å². The average molecular weight is 409 g/mol. The Kier molecular flexibility index (Phi) is 5.26. The number of hydrogen-bond acceptors (Lipinski definition) is 2. The molecule has 0 unspecified atom stereocenters. The van der Waals surface area contributed by atoms with Gasteiger partial charge >= 0.3 is 18.4 Å². The number of carbonyl (C=O) groups excluding carboxylic acids is 1. The Morgan fingerprint density at radius 1 is 1.22 bits per heavy atom. The molecule has 130 valence electrons. The van der Waals surface area contributed by atoms with E-state index in [1.54, 1.807) is 0 Å². The molecule has 0 radical (unpaired) electrons. The number of urea groups is 1. The molecule has 0 heterocycles. The van der Waals surface area contributed by atoms with Gasteiger partial charge in [0.15, 0.2) is 0 Å². The van der Waals surface area contributed by atoms with Crippen molar-refractivity contribution in [3.8, 4) is 0 Å². The van der Waals surface area contributed by atoms with Crippen LogP contribution in [0.4, 0.5) is 36.8 Å². The van der Waals surface area contributed by atoms with Gasteiger partial charge in [0, 0.05) is 16.6 Å². The van der Waals surface area contributed by atoms with Crippen LogP contribution in [0, 0.1) is 0 Å². The van der Waals surface area contributed by atoms with Crippen LogP contribution in [-0.2, 0) is 5.60 Å². The minimum Gasteiger partial charge on any atom is -0.369 e. The van der Waals surface area contributed by atoms with E-state index in [1.165, 1.54) is 6.92 Å². The molecule has 0 aromatic heterocycles. The van der Waals surface area contributed by atoms with Crippen molar-refractivity contribution in [2.45, 2.75) is 24.9 Å². The lowest BCUT2D eigenvalue weighted by Gasteiger charge is -2.33. The van der Waals surface area contributed by atoms with Gasteiger partial charge in [0.25, 0.3) is 5.60 Å². The molecule has 0 aliphatic heterocycles. The minimum absolute atomic E-state index is 0.0320. The number of carbonyl (C=O) groups is 1. The summed E-state index contributed by atoms with van der Waals surface area (Å²) in [5.74, 6) is 0. The Morgan fingerprint density at radius 2 is 1.70 bits per heavy atom. The van der Waals surface area contributed by atoms with Crippen molar-refractivity contribution in [3.05, 3.63) is 28.2 Å². The smallest absolute Gasteiger partial charge is 0.369 e. The lowest BCUT2D eigenvalue weighted by Crippen LogP contribution is -2.53. The first-order chi connectivity index (χ1) is 10.3. The summed E-state index contributed by atoms with van der Waals surface area (Å²) in [7, 11) is 0. The summed E-state index contributed by atoms with van der Waals surface area (Å²) in [6.07, 6.45) is -12.0. The number of nitrogens with zero attached hydrogens (tertiary/aromatic N) is 1. The zero-order chi connectivity index (χ0) is 18.2. The first-order valence-electron chi connectivity index (χ1n) is 6.00. The van der Waals surface area contributed by atoms with Crippen LogP contribution in [-0.4, -0.2) is 30.0 Å². The normalized spacial score (nSPS) is 13.1. The molecule has 0 aliphatic rings. The quantitative estimate of drug-likeness (QED) is 0.749. The molecule has 0 spiro atoms. The minimum atomic E-state index is -5.99. The number of alkyl halides is 6. The van der Waals surface area contributed by atoms with Crippen molar-refractivity contribution in [3.63, 3.8) is 0 Å². The molecule has 4 nitrogen and oxygen atoms in total. The highest BCUT2D eigenvalue weighted by Gasteiger charge is 2.71.